The number of rotatable bonds is 2. The van der Waals surface area contributed by atoms with Crippen LogP contribution in [0.2, 0.25) is 10.0 Å². The van der Waals surface area contributed by atoms with E-state index in [-0.39, 0.29) is 0 Å². The van der Waals surface area contributed by atoms with Crippen molar-refractivity contribution in [3.05, 3.63) is 33.9 Å². The lowest BCUT2D eigenvalue weighted by atomic mass is 10.1. The lowest BCUT2D eigenvalue weighted by molar-refractivity contribution is 1.19. The fourth-order valence-electron chi connectivity index (χ4n) is 1.75. The van der Waals surface area contributed by atoms with E-state index >= 15 is 0 Å². The summed E-state index contributed by atoms with van der Waals surface area (Å²) in [5.41, 5.74) is 2.78. The summed E-state index contributed by atoms with van der Waals surface area (Å²) in [6.45, 7) is 4.85. The molecule has 0 aliphatic heterocycles. The van der Waals surface area contributed by atoms with Crippen LogP contribution in [-0.4, -0.2) is 11.5 Å². The summed E-state index contributed by atoms with van der Waals surface area (Å²) in [7, 11) is 0. The van der Waals surface area contributed by atoms with Crippen LogP contribution in [-0.2, 0) is 0 Å². The molecule has 1 heterocycles. The molecule has 0 unspecified atom stereocenters. The van der Waals surface area contributed by atoms with Crippen molar-refractivity contribution in [2.24, 2.45) is 0 Å². The van der Waals surface area contributed by atoms with Gasteiger partial charge in [-0.25, -0.2) is 0 Å². The van der Waals surface area contributed by atoms with Crippen LogP contribution >= 0.6 is 23.2 Å². The Morgan fingerprint density at radius 3 is 2.69 bits per heavy atom. The molecule has 84 valence electrons. The first-order valence-electron chi connectivity index (χ1n) is 5.12. The number of hydrogen-bond donors (Lipinski definition) is 1. The van der Waals surface area contributed by atoms with E-state index in [0.29, 0.717) is 10.0 Å². The number of nitrogens with zero attached hydrogens (tertiary/aromatic N) is 1. The van der Waals surface area contributed by atoms with Crippen LogP contribution in [0, 0.1) is 6.92 Å². The molecule has 1 aromatic heterocycles. The molecule has 2 nitrogen and oxygen atoms in total. The van der Waals surface area contributed by atoms with E-state index in [9.17, 15) is 0 Å². The van der Waals surface area contributed by atoms with Crippen molar-refractivity contribution in [3.63, 3.8) is 0 Å². The summed E-state index contributed by atoms with van der Waals surface area (Å²) < 4.78 is 0. The molecule has 0 amide bonds. The average molecular weight is 255 g/mol. The van der Waals surface area contributed by atoms with E-state index in [4.69, 9.17) is 23.2 Å². The average Bonchev–Trinajstić information content (AvgIpc) is 2.15. The lowest BCUT2D eigenvalue weighted by Gasteiger charge is -2.10. The van der Waals surface area contributed by atoms with Gasteiger partial charge in [0.25, 0.3) is 0 Å². The van der Waals surface area contributed by atoms with Gasteiger partial charge in [-0.05, 0) is 32.0 Å². The maximum Gasteiger partial charge on any atom is 0.0755 e. The van der Waals surface area contributed by atoms with Crippen LogP contribution in [0.15, 0.2) is 18.2 Å². The van der Waals surface area contributed by atoms with Gasteiger partial charge in [-0.3, -0.25) is 4.98 Å². The topological polar surface area (TPSA) is 24.9 Å². The van der Waals surface area contributed by atoms with Crippen LogP contribution in [0.25, 0.3) is 10.9 Å². The molecule has 4 heteroatoms. The molecule has 2 rings (SSSR count). The molecule has 2 aromatic rings. The highest BCUT2D eigenvalue weighted by Gasteiger charge is 2.08. The summed E-state index contributed by atoms with van der Waals surface area (Å²) in [6, 6.07) is 5.56. The number of fused-ring (bicyclic) bond motifs is 1. The molecular weight excluding hydrogens is 243 g/mol. The van der Waals surface area contributed by atoms with Gasteiger partial charge in [0.1, 0.15) is 0 Å². The van der Waals surface area contributed by atoms with Crippen LogP contribution in [0.4, 0.5) is 5.69 Å². The highest BCUT2D eigenvalue weighted by Crippen LogP contribution is 2.32. The van der Waals surface area contributed by atoms with E-state index in [1.54, 1.807) is 6.07 Å². The normalized spacial score (nSPS) is 10.8. The minimum Gasteiger partial charge on any atom is -0.385 e. The van der Waals surface area contributed by atoms with Crippen molar-refractivity contribution in [2.45, 2.75) is 13.8 Å². The molecule has 1 aromatic carbocycles. The lowest BCUT2D eigenvalue weighted by Crippen LogP contribution is -1.99. The summed E-state index contributed by atoms with van der Waals surface area (Å²) in [5, 5.41) is 5.45. The second-order valence-electron chi connectivity index (χ2n) is 3.62. The summed E-state index contributed by atoms with van der Waals surface area (Å²) >= 11 is 12.2. The number of halogens is 2. The third-order valence-corrected chi connectivity index (χ3v) is 2.84. The first-order chi connectivity index (χ1) is 7.61. The van der Waals surface area contributed by atoms with Gasteiger partial charge in [-0.2, -0.15) is 0 Å². The molecule has 1 N–H and O–H groups in total. The molecule has 0 fully saturated rings. The number of aryl methyl sites for hydroxylation is 1. The predicted octanol–water partition coefficient (Wildman–Crippen LogP) is 4.28. The minimum absolute atomic E-state index is 0.609. The Hall–Kier alpha value is -0.990. The molecule has 0 bridgehead atoms. The molecule has 0 saturated heterocycles. The van der Waals surface area contributed by atoms with E-state index in [0.717, 1.165) is 28.8 Å². The van der Waals surface area contributed by atoms with Crippen molar-refractivity contribution in [1.82, 2.24) is 4.98 Å². The maximum absolute atomic E-state index is 6.19. The van der Waals surface area contributed by atoms with Gasteiger partial charge in [0.05, 0.1) is 10.5 Å². The van der Waals surface area contributed by atoms with E-state index in [1.807, 2.05) is 26.0 Å². The van der Waals surface area contributed by atoms with Crippen LogP contribution < -0.4 is 5.32 Å². The van der Waals surface area contributed by atoms with Crippen LogP contribution in [0.3, 0.4) is 0 Å². The zero-order valence-electron chi connectivity index (χ0n) is 9.14. The van der Waals surface area contributed by atoms with E-state index in [2.05, 4.69) is 10.3 Å². The van der Waals surface area contributed by atoms with E-state index < -0.39 is 0 Å². The maximum atomic E-state index is 6.19. The third kappa shape index (κ3) is 2.08. The quantitative estimate of drug-likeness (QED) is 0.866. The highest BCUT2D eigenvalue weighted by molar-refractivity contribution is 6.39. The first-order valence-corrected chi connectivity index (χ1v) is 5.87. The van der Waals surface area contributed by atoms with Gasteiger partial charge in [-0.1, -0.05) is 23.2 Å². The molecule has 0 spiro atoms. The number of anilines is 1. The van der Waals surface area contributed by atoms with Crippen LogP contribution in [0.1, 0.15) is 12.6 Å². The fraction of sp³-hybridized carbons (Fsp3) is 0.250. The summed E-state index contributed by atoms with van der Waals surface area (Å²) in [5.74, 6) is 0. The van der Waals surface area contributed by atoms with Crippen molar-refractivity contribution in [3.8, 4) is 0 Å². The van der Waals surface area contributed by atoms with Gasteiger partial charge in [0.2, 0.25) is 0 Å². The monoisotopic (exact) mass is 254 g/mol. The molecule has 0 aliphatic rings. The summed E-state index contributed by atoms with van der Waals surface area (Å²) in [4.78, 5) is 4.43. The minimum atomic E-state index is 0.609. The smallest absolute Gasteiger partial charge is 0.0755 e. The van der Waals surface area contributed by atoms with Gasteiger partial charge >= 0.3 is 0 Å². The third-order valence-electron chi connectivity index (χ3n) is 2.32. The Bertz CT molecular complexity index is 533. The number of aromatic nitrogens is 1. The molecule has 16 heavy (non-hydrogen) atoms. The van der Waals surface area contributed by atoms with E-state index in [1.165, 1.54) is 0 Å². The van der Waals surface area contributed by atoms with Gasteiger partial charge in [-0.15, -0.1) is 0 Å². The highest BCUT2D eigenvalue weighted by atomic mass is 35.5. The zero-order chi connectivity index (χ0) is 11.7. The zero-order valence-corrected chi connectivity index (χ0v) is 10.7. The second kappa shape index (κ2) is 4.48. The van der Waals surface area contributed by atoms with Gasteiger partial charge in [0, 0.05) is 28.3 Å². The largest absolute Gasteiger partial charge is 0.385 e. The molecule has 0 saturated carbocycles. The predicted molar refractivity (Wildman–Crippen MR) is 70.7 cm³/mol. The molecule has 0 aliphatic carbocycles. The Kier molecular flexibility index (Phi) is 3.22. The Morgan fingerprint density at radius 1 is 1.25 bits per heavy atom. The Labute approximate surface area is 105 Å². The summed E-state index contributed by atoms with van der Waals surface area (Å²) in [6.07, 6.45) is 0. The van der Waals surface area contributed by atoms with Gasteiger partial charge < -0.3 is 5.32 Å². The number of hydrogen-bond acceptors (Lipinski definition) is 2. The second-order valence-corrected chi connectivity index (χ2v) is 4.47. The first kappa shape index (κ1) is 11.5. The standard InChI is InChI=1S/C12H12Cl2N2/c1-3-15-10-4-7(2)16-11-6-8(13)5-9(14)12(10)11/h4-6H,3H2,1-2H3,(H,15,16). The Balaban J connectivity index is 2.78. The fourth-order valence-corrected chi connectivity index (χ4v) is 2.33. The molecular formula is C12H12Cl2N2. The van der Waals surface area contributed by atoms with Crippen molar-refractivity contribution < 1.29 is 0 Å². The van der Waals surface area contributed by atoms with Crippen molar-refractivity contribution >= 4 is 39.8 Å². The number of nitrogens with one attached hydrogen (secondary N) is 1. The van der Waals surface area contributed by atoms with Gasteiger partial charge in [0.15, 0.2) is 0 Å². The van der Waals surface area contributed by atoms with Crippen LogP contribution in [0.5, 0.6) is 0 Å². The van der Waals surface area contributed by atoms with Crippen molar-refractivity contribution in [1.29, 1.82) is 0 Å². The molecule has 0 radical (unpaired) electrons. The SMILES string of the molecule is CCNc1cc(C)nc2cc(Cl)cc(Cl)c12. The molecule has 0 atom stereocenters. The Morgan fingerprint density at radius 2 is 2.00 bits per heavy atom. The number of benzene rings is 1. The number of pyridine rings is 1. The van der Waals surface area contributed by atoms with Crippen molar-refractivity contribution in [2.75, 3.05) is 11.9 Å².